The monoisotopic (exact) mass is 441 g/mol. The predicted molar refractivity (Wildman–Crippen MR) is 125 cm³/mol. The number of pyridine rings is 1. The van der Waals surface area contributed by atoms with Gasteiger partial charge in [0.2, 0.25) is 0 Å². The Morgan fingerprint density at radius 3 is 3.03 bits per heavy atom. The Morgan fingerprint density at radius 2 is 2.23 bits per heavy atom. The third-order valence-electron chi connectivity index (χ3n) is 5.53. The molecule has 4 rings (SSSR count). The molecule has 9 heteroatoms. The molecule has 3 aromatic rings. The molecule has 0 radical (unpaired) electrons. The van der Waals surface area contributed by atoms with E-state index < -0.39 is 0 Å². The molecule has 0 saturated carbocycles. The molecule has 0 aliphatic carbocycles. The van der Waals surface area contributed by atoms with Crippen LogP contribution < -0.4 is 10.6 Å². The Hall–Kier alpha value is -2.49. The lowest BCUT2D eigenvalue weighted by Crippen LogP contribution is -2.48. The van der Waals surface area contributed by atoms with Crippen LogP contribution in [-0.2, 0) is 11.2 Å². The van der Waals surface area contributed by atoms with Gasteiger partial charge in [0, 0.05) is 50.7 Å². The third-order valence-corrected chi connectivity index (χ3v) is 6.50. The largest absolute Gasteiger partial charge is 0.376 e. The van der Waals surface area contributed by atoms with Crippen LogP contribution in [0, 0.1) is 0 Å². The number of nitrogens with one attached hydrogen (secondary N) is 2. The number of morpholine rings is 1. The van der Waals surface area contributed by atoms with Crippen molar-refractivity contribution in [3.05, 3.63) is 52.6 Å². The molecule has 0 bridgehead atoms. The second-order valence-electron chi connectivity index (χ2n) is 7.74. The summed E-state index contributed by atoms with van der Waals surface area (Å²) >= 11 is 1.81. The van der Waals surface area contributed by atoms with E-state index in [2.05, 4.69) is 55.2 Å². The molecule has 1 aliphatic rings. The predicted octanol–water partition coefficient (Wildman–Crippen LogP) is 2.35. The van der Waals surface area contributed by atoms with Crippen molar-refractivity contribution in [3.63, 3.8) is 0 Å². The van der Waals surface area contributed by atoms with Crippen LogP contribution in [0.25, 0.3) is 5.65 Å². The molecule has 2 atom stereocenters. The van der Waals surface area contributed by atoms with Gasteiger partial charge >= 0.3 is 0 Å². The van der Waals surface area contributed by atoms with Gasteiger partial charge in [0.05, 0.1) is 18.8 Å². The maximum atomic E-state index is 5.74. The van der Waals surface area contributed by atoms with Gasteiger partial charge in [-0.15, -0.1) is 21.5 Å². The molecule has 1 saturated heterocycles. The molecule has 4 heterocycles. The molecule has 2 unspecified atom stereocenters. The summed E-state index contributed by atoms with van der Waals surface area (Å²) in [6.07, 6.45) is 4.09. The number of thiophene rings is 1. The summed E-state index contributed by atoms with van der Waals surface area (Å²) in [5.41, 5.74) is 0.889. The highest BCUT2D eigenvalue weighted by Crippen LogP contribution is 2.26. The molecule has 31 heavy (non-hydrogen) atoms. The van der Waals surface area contributed by atoms with Gasteiger partial charge in [-0.2, -0.15) is 0 Å². The Balaban J connectivity index is 1.27. The average Bonchev–Trinajstić information content (AvgIpc) is 3.46. The van der Waals surface area contributed by atoms with Gasteiger partial charge in [0.25, 0.3) is 0 Å². The van der Waals surface area contributed by atoms with E-state index in [1.165, 1.54) is 4.88 Å². The minimum atomic E-state index is 0.266. The van der Waals surface area contributed by atoms with E-state index in [-0.39, 0.29) is 6.10 Å². The van der Waals surface area contributed by atoms with Crippen molar-refractivity contribution in [3.8, 4) is 0 Å². The molecular weight excluding hydrogens is 410 g/mol. The average molecular weight is 442 g/mol. The summed E-state index contributed by atoms with van der Waals surface area (Å²) in [7, 11) is 1.82. The van der Waals surface area contributed by atoms with Gasteiger partial charge in [-0.05, 0) is 36.9 Å². The van der Waals surface area contributed by atoms with Crippen LogP contribution in [0.3, 0.4) is 0 Å². The first-order valence-corrected chi connectivity index (χ1v) is 11.7. The van der Waals surface area contributed by atoms with Crippen molar-refractivity contribution >= 4 is 22.9 Å². The van der Waals surface area contributed by atoms with E-state index in [4.69, 9.17) is 4.74 Å². The summed E-state index contributed by atoms with van der Waals surface area (Å²) < 4.78 is 7.78. The highest BCUT2D eigenvalue weighted by molar-refractivity contribution is 7.10. The molecule has 166 valence electrons. The normalized spacial score (nSPS) is 18.9. The fourth-order valence-electron chi connectivity index (χ4n) is 3.95. The van der Waals surface area contributed by atoms with Crippen molar-refractivity contribution in [2.45, 2.75) is 31.9 Å². The van der Waals surface area contributed by atoms with Gasteiger partial charge < -0.3 is 15.4 Å². The molecule has 1 aliphatic heterocycles. The summed E-state index contributed by atoms with van der Waals surface area (Å²) in [5, 5.41) is 17.6. The summed E-state index contributed by atoms with van der Waals surface area (Å²) in [5.74, 6) is 1.81. The van der Waals surface area contributed by atoms with Crippen LogP contribution in [0.2, 0.25) is 0 Å². The zero-order valence-electron chi connectivity index (χ0n) is 18.2. The second-order valence-corrected chi connectivity index (χ2v) is 8.72. The number of aryl methyl sites for hydroxylation is 1. The quantitative estimate of drug-likeness (QED) is 0.317. The maximum Gasteiger partial charge on any atom is 0.191 e. The van der Waals surface area contributed by atoms with Gasteiger partial charge in [0.15, 0.2) is 11.6 Å². The number of ether oxygens (including phenoxy) is 1. The van der Waals surface area contributed by atoms with Gasteiger partial charge in [0.1, 0.15) is 5.82 Å². The molecule has 8 nitrogen and oxygen atoms in total. The number of guanidine groups is 1. The van der Waals surface area contributed by atoms with Crippen molar-refractivity contribution in [2.24, 2.45) is 4.99 Å². The van der Waals surface area contributed by atoms with Crippen LogP contribution in [0.1, 0.15) is 30.1 Å². The van der Waals surface area contributed by atoms with Gasteiger partial charge in [-0.1, -0.05) is 12.1 Å². The second kappa shape index (κ2) is 10.7. The highest BCUT2D eigenvalue weighted by Gasteiger charge is 2.26. The Labute approximate surface area is 187 Å². The smallest absolute Gasteiger partial charge is 0.191 e. The fourth-order valence-corrected chi connectivity index (χ4v) is 4.81. The number of rotatable bonds is 8. The standard InChI is InChI=1S/C22H31N7OS/c1-17-16-28(12-13-30-17)18(19-7-6-14-31-19)15-25-22(23-2)24-10-5-9-21-27-26-20-8-3-4-11-29(20)21/h3-4,6-8,11,14,17-18H,5,9-10,12-13,15-16H2,1-2H3,(H2,23,24,25). The van der Waals surface area contributed by atoms with Gasteiger partial charge in [-0.25, -0.2) is 0 Å². The molecule has 3 aromatic heterocycles. The zero-order valence-corrected chi connectivity index (χ0v) is 19.0. The van der Waals surface area contributed by atoms with E-state index in [0.29, 0.717) is 6.04 Å². The minimum Gasteiger partial charge on any atom is -0.376 e. The summed E-state index contributed by atoms with van der Waals surface area (Å²) in [6.45, 7) is 6.45. The Morgan fingerprint density at radius 1 is 1.29 bits per heavy atom. The summed E-state index contributed by atoms with van der Waals surface area (Å²) in [4.78, 5) is 8.29. The van der Waals surface area contributed by atoms with Crippen molar-refractivity contribution in [1.82, 2.24) is 30.1 Å². The highest BCUT2D eigenvalue weighted by atomic mass is 32.1. The fraction of sp³-hybridized carbons (Fsp3) is 0.500. The van der Waals surface area contributed by atoms with Crippen LogP contribution >= 0.6 is 11.3 Å². The SMILES string of the molecule is CN=C(NCCCc1nnc2ccccn12)NCC(c1cccs1)N1CCOC(C)C1. The lowest BCUT2D eigenvalue weighted by Gasteiger charge is -2.37. The number of fused-ring (bicyclic) bond motifs is 1. The molecular formula is C22H31N7OS. The lowest BCUT2D eigenvalue weighted by atomic mass is 10.1. The van der Waals surface area contributed by atoms with Crippen LogP contribution in [0.4, 0.5) is 0 Å². The molecule has 0 amide bonds. The summed E-state index contributed by atoms with van der Waals surface area (Å²) in [6, 6.07) is 10.6. The van der Waals surface area contributed by atoms with E-state index in [9.17, 15) is 0 Å². The van der Waals surface area contributed by atoms with E-state index in [1.54, 1.807) is 0 Å². The number of hydrogen-bond donors (Lipinski definition) is 2. The molecule has 0 spiro atoms. The van der Waals surface area contributed by atoms with Crippen molar-refractivity contribution < 1.29 is 4.74 Å². The molecule has 1 fully saturated rings. The maximum absolute atomic E-state index is 5.74. The van der Waals surface area contributed by atoms with Crippen molar-refractivity contribution in [1.29, 1.82) is 0 Å². The number of hydrogen-bond acceptors (Lipinski definition) is 6. The molecule has 2 N–H and O–H groups in total. The molecule has 0 aromatic carbocycles. The van der Waals surface area contributed by atoms with E-state index in [1.807, 2.05) is 47.2 Å². The van der Waals surface area contributed by atoms with Crippen LogP contribution in [0.5, 0.6) is 0 Å². The van der Waals surface area contributed by atoms with E-state index in [0.717, 1.165) is 63.1 Å². The van der Waals surface area contributed by atoms with E-state index >= 15 is 0 Å². The third kappa shape index (κ3) is 5.61. The topological polar surface area (TPSA) is 79.1 Å². The number of nitrogens with zero attached hydrogens (tertiary/aromatic N) is 5. The van der Waals surface area contributed by atoms with Crippen molar-refractivity contribution in [2.75, 3.05) is 39.8 Å². The number of aliphatic imine (C=N–C) groups is 1. The Kier molecular flexibility index (Phi) is 7.50. The first-order chi connectivity index (χ1) is 15.2. The van der Waals surface area contributed by atoms with Crippen LogP contribution in [-0.4, -0.2) is 71.4 Å². The Bertz CT molecular complexity index is 971. The zero-order chi connectivity index (χ0) is 21.5. The first kappa shape index (κ1) is 21.7. The number of aromatic nitrogens is 3. The minimum absolute atomic E-state index is 0.266. The van der Waals surface area contributed by atoms with Gasteiger partial charge in [-0.3, -0.25) is 14.3 Å². The first-order valence-electron chi connectivity index (χ1n) is 10.9. The lowest BCUT2D eigenvalue weighted by molar-refractivity contribution is -0.0334. The van der Waals surface area contributed by atoms with Crippen LogP contribution in [0.15, 0.2) is 46.9 Å².